The van der Waals surface area contributed by atoms with E-state index in [1.54, 1.807) is 6.08 Å². The molecule has 0 N–H and O–H groups in total. The van der Waals surface area contributed by atoms with Gasteiger partial charge >= 0.3 is 5.97 Å². The highest BCUT2D eigenvalue weighted by atomic mass is 16.5. The summed E-state index contributed by atoms with van der Waals surface area (Å²) in [6, 6.07) is 0. The van der Waals surface area contributed by atoms with Crippen LogP contribution in [-0.2, 0) is 14.3 Å². The Labute approximate surface area is 190 Å². The van der Waals surface area contributed by atoms with Crippen molar-refractivity contribution in [2.45, 2.75) is 105 Å². The third-order valence-corrected chi connectivity index (χ3v) is 9.54. The van der Waals surface area contributed by atoms with Crippen molar-refractivity contribution < 1.29 is 14.3 Å². The van der Waals surface area contributed by atoms with E-state index < -0.39 is 0 Å². The molecule has 3 nitrogen and oxygen atoms in total. The Morgan fingerprint density at radius 1 is 1.13 bits per heavy atom. The second-order valence-electron chi connectivity index (χ2n) is 11.2. The van der Waals surface area contributed by atoms with E-state index >= 15 is 0 Å². The first kappa shape index (κ1) is 24.5. The maximum Gasteiger partial charge on any atom is 0.330 e. The van der Waals surface area contributed by atoms with Crippen LogP contribution in [0.2, 0.25) is 0 Å². The summed E-state index contributed by atoms with van der Waals surface area (Å²) in [6.45, 7) is 9.81. The zero-order valence-electron chi connectivity index (χ0n) is 20.5. The number of aldehydes is 1. The zero-order chi connectivity index (χ0) is 22.4. The lowest BCUT2D eigenvalue weighted by molar-refractivity contribution is -0.137. The maximum atomic E-state index is 12.0. The largest absolute Gasteiger partial charge is 0.463 e. The number of allylic oxidation sites excluding steroid dienone is 1. The second kappa shape index (κ2) is 11.1. The van der Waals surface area contributed by atoms with Gasteiger partial charge in [-0.3, -0.25) is 0 Å². The Hall–Kier alpha value is -1.12. The molecule has 0 radical (unpaired) electrons. The molecule has 7 atom stereocenters. The zero-order valence-corrected chi connectivity index (χ0v) is 20.5. The number of ether oxygens (including phenoxy) is 1. The van der Waals surface area contributed by atoms with Gasteiger partial charge in [0, 0.05) is 12.5 Å². The molecule has 0 aromatic heterocycles. The molecule has 0 spiro atoms. The average Bonchev–Trinajstić information content (AvgIpc) is 3.10. The number of carbonyl (C=O) groups is 2. The quantitative estimate of drug-likeness (QED) is 0.255. The molecule has 0 bridgehead atoms. The summed E-state index contributed by atoms with van der Waals surface area (Å²) >= 11 is 0. The van der Waals surface area contributed by atoms with Crippen molar-refractivity contribution >= 4 is 12.3 Å². The van der Waals surface area contributed by atoms with Crippen LogP contribution in [0.25, 0.3) is 0 Å². The lowest BCUT2D eigenvalue weighted by Crippen LogP contribution is -2.44. The Morgan fingerprint density at radius 2 is 1.94 bits per heavy atom. The van der Waals surface area contributed by atoms with Crippen molar-refractivity contribution in [3.05, 3.63) is 11.6 Å². The van der Waals surface area contributed by atoms with E-state index in [4.69, 9.17) is 4.74 Å². The van der Waals surface area contributed by atoms with Crippen molar-refractivity contribution in [3.8, 4) is 0 Å². The average molecular weight is 431 g/mol. The van der Waals surface area contributed by atoms with Gasteiger partial charge in [0.1, 0.15) is 6.29 Å². The third-order valence-electron chi connectivity index (χ3n) is 9.54. The van der Waals surface area contributed by atoms with E-state index in [9.17, 15) is 9.59 Å². The standard InChI is InChI=1S/C28H46O3/c1-5-31-27(30)19-22-10-6-7-11-24-23(20(2)12-13-22)16-17-28(4)25(14-15-26(24)28)21(3)9-8-18-29/h18-21,23-26H,5-17H2,1-4H3/b22-19+/t20?,21?,23-,24?,25-,26+,28?/m1/s1. The first-order valence-electron chi connectivity index (χ1n) is 13.2. The van der Waals surface area contributed by atoms with E-state index in [0.29, 0.717) is 17.9 Å². The number of rotatable bonds is 6. The number of fused-ring (bicyclic) bond motifs is 3. The molecule has 3 saturated carbocycles. The molecule has 0 heterocycles. The Bertz CT molecular complexity index is 638. The SMILES string of the molecule is CCOC(=O)/C=C1\CCCCC2[C@H](CCC3(C)[C@@H](C(C)CCC=O)CC[C@@H]23)C(C)CC1. The highest BCUT2D eigenvalue weighted by Crippen LogP contribution is 2.63. The molecule has 176 valence electrons. The van der Waals surface area contributed by atoms with Gasteiger partial charge in [0.05, 0.1) is 6.61 Å². The molecule has 0 aromatic rings. The molecule has 3 heteroatoms. The molecule has 0 aromatic carbocycles. The van der Waals surface area contributed by atoms with Gasteiger partial charge in [-0.1, -0.05) is 32.8 Å². The second-order valence-corrected chi connectivity index (χ2v) is 11.2. The van der Waals surface area contributed by atoms with Crippen LogP contribution in [0.3, 0.4) is 0 Å². The summed E-state index contributed by atoms with van der Waals surface area (Å²) in [5.74, 6) is 4.61. The maximum absolute atomic E-state index is 12.0. The minimum absolute atomic E-state index is 0.158. The summed E-state index contributed by atoms with van der Waals surface area (Å²) in [5, 5.41) is 0. The molecule has 4 unspecified atom stereocenters. The Balaban J connectivity index is 1.70. The molecule has 31 heavy (non-hydrogen) atoms. The molecule has 3 aliphatic rings. The van der Waals surface area contributed by atoms with Crippen molar-refractivity contribution in [2.24, 2.45) is 40.9 Å². The highest BCUT2D eigenvalue weighted by molar-refractivity contribution is 5.82. The highest BCUT2D eigenvalue weighted by Gasteiger charge is 2.54. The molecular formula is C28H46O3. The van der Waals surface area contributed by atoms with Crippen LogP contribution < -0.4 is 0 Å². The van der Waals surface area contributed by atoms with Gasteiger partial charge < -0.3 is 9.53 Å². The fourth-order valence-corrected chi connectivity index (χ4v) is 7.93. The minimum atomic E-state index is -0.158. The molecule has 0 saturated heterocycles. The van der Waals surface area contributed by atoms with E-state index in [1.807, 2.05) is 6.92 Å². The summed E-state index contributed by atoms with van der Waals surface area (Å²) in [5.41, 5.74) is 1.77. The number of carbonyl (C=O) groups excluding carboxylic acids is 2. The van der Waals surface area contributed by atoms with Gasteiger partial charge in [-0.25, -0.2) is 4.79 Å². The normalized spacial score (nSPS) is 38.7. The number of hydrogen-bond acceptors (Lipinski definition) is 3. The summed E-state index contributed by atoms with van der Waals surface area (Å²) in [6.07, 6.45) is 17.3. The lowest BCUT2D eigenvalue weighted by atomic mass is 9.53. The first-order valence-corrected chi connectivity index (χ1v) is 13.2. The van der Waals surface area contributed by atoms with Crippen molar-refractivity contribution in [3.63, 3.8) is 0 Å². The Morgan fingerprint density at radius 3 is 2.68 bits per heavy atom. The molecule has 0 aliphatic heterocycles. The van der Waals surface area contributed by atoms with Gasteiger partial charge in [0.15, 0.2) is 0 Å². The smallest absolute Gasteiger partial charge is 0.330 e. The van der Waals surface area contributed by atoms with Gasteiger partial charge in [-0.2, -0.15) is 0 Å². The van der Waals surface area contributed by atoms with E-state index in [2.05, 4.69) is 20.8 Å². The molecule has 0 amide bonds. The molecule has 3 rings (SSSR count). The van der Waals surface area contributed by atoms with Gasteiger partial charge in [0.2, 0.25) is 0 Å². The first-order chi connectivity index (χ1) is 14.9. The minimum Gasteiger partial charge on any atom is -0.463 e. The van der Waals surface area contributed by atoms with Gasteiger partial charge in [-0.15, -0.1) is 0 Å². The summed E-state index contributed by atoms with van der Waals surface area (Å²) in [7, 11) is 0. The van der Waals surface area contributed by atoms with Crippen LogP contribution in [0.15, 0.2) is 11.6 Å². The van der Waals surface area contributed by atoms with Crippen molar-refractivity contribution in [1.82, 2.24) is 0 Å². The lowest BCUT2D eigenvalue weighted by Gasteiger charge is -2.52. The van der Waals surface area contributed by atoms with E-state index in [0.717, 1.165) is 61.6 Å². The van der Waals surface area contributed by atoms with Crippen LogP contribution in [-0.4, -0.2) is 18.9 Å². The van der Waals surface area contributed by atoms with Crippen LogP contribution in [0.4, 0.5) is 0 Å². The topological polar surface area (TPSA) is 43.4 Å². The van der Waals surface area contributed by atoms with Crippen molar-refractivity contribution in [1.29, 1.82) is 0 Å². The van der Waals surface area contributed by atoms with Crippen LogP contribution in [0, 0.1) is 40.9 Å². The Kier molecular flexibility index (Phi) is 8.82. The van der Waals surface area contributed by atoms with Gasteiger partial charge in [-0.05, 0) is 112 Å². The molecule has 3 fully saturated rings. The fraction of sp³-hybridized carbons (Fsp3) is 0.857. The molecular weight excluding hydrogens is 384 g/mol. The predicted octanol–water partition coefficient (Wildman–Crippen LogP) is 7.14. The van der Waals surface area contributed by atoms with Crippen LogP contribution in [0.5, 0.6) is 0 Å². The predicted molar refractivity (Wildman–Crippen MR) is 127 cm³/mol. The molecule has 3 aliphatic carbocycles. The number of hydrogen-bond donors (Lipinski definition) is 0. The summed E-state index contributed by atoms with van der Waals surface area (Å²) < 4.78 is 5.16. The van der Waals surface area contributed by atoms with Crippen LogP contribution >= 0.6 is 0 Å². The third kappa shape index (κ3) is 5.63. The monoisotopic (exact) mass is 430 g/mol. The number of esters is 1. The fourth-order valence-electron chi connectivity index (χ4n) is 7.93. The van der Waals surface area contributed by atoms with E-state index in [-0.39, 0.29) is 5.97 Å². The van der Waals surface area contributed by atoms with Crippen LogP contribution in [0.1, 0.15) is 105 Å². The van der Waals surface area contributed by atoms with Gasteiger partial charge in [0.25, 0.3) is 0 Å². The van der Waals surface area contributed by atoms with E-state index in [1.165, 1.54) is 56.9 Å². The summed E-state index contributed by atoms with van der Waals surface area (Å²) in [4.78, 5) is 22.9. The van der Waals surface area contributed by atoms with Crippen molar-refractivity contribution in [2.75, 3.05) is 6.61 Å².